The molecule has 1 heterocycles. The van der Waals surface area contributed by atoms with Crippen LogP contribution in [0.25, 0.3) is 0 Å². The third-order valence-electron chi connectivity index (χ3n) is 3.53. The Labute approximate surface area is 123 Å². The number of nitriles is 1. The van der Waals surface area contributed by atoms with Crippen molar-refractivity contribution in [2.45, 2.75) is 38.6 Å². The van der Waals surface area contributed by atoms with Crippen LogP contribution in [0.2, 0.25) is 0 Å². The zero-order valence-electron chi connectivity index (χ0n) is 11.4. The molecule has 2 atom stereocenters. The SMILES string of the molecule is C#CCC(N)C(=O)Nc1sc2c(c1C#N)CCC(C)C2. The zero-order valence-corrected chi connectivity index (χ0v) is 12.2. The molecule has 0 spiro atoms. The molecule has 2 rings (SSSR count). The fourth-order valence-electron chi connectivity index (χ4n) is 2.38. The first-order chi connectivity index (χ1) is 9.56. The van der Waals surface area contributed by atoms with Gasteiger partial charge in [-0.25, -0.2) is 0 Å². The van der Waals surface area contributed by atoms with Crippen molar-refractivity contribution in [2.24, 2.45) is 11.7 Å². The van der Waals surface area contributed by atoms with E-state index in [0.717, 1.165) is 24.8 Å². The number of hydrogen-bond donors (Lipinski definition) is 2. The molecule has 3 N–H and O–H groups in total. The predicted molar refractivity (Wildman–Crippen MR) is 80.3 cm³/mol. The molecule has 0 bridgehead atoms. The van der Waals surface area contributed by atoms with Crippen LogP contribution in [0.3, 0.4) is 0 Å². The lowest BCUT2D eigenvalue weighted by Gasteiger charge is -2.17. The fraction of sp³-hybridized carbons (Fsp3) is 0.467. The molecular formula is C15H17N3OS. The minimum Gasteiger partial charge on any atom is -0.319 e. The van der Waals surface area contributed by atoms with Gasteiger partial charge >= 0.3 is 0 Å². The highest BCUT2D eigenvalue weighted by Crippen LogP contribution is 2.39. The minimum absolute atomic E-state index is 0.190. The molecule has 1 aromatic heterocycles. The number of rotatable bonds is 3. The van der Waals surface area contributed by atoms with Gasteiger partial charge in [0.2, 0.25) is 5.91 Å². The average Bonchev–Trinajstić information content (AvgIpc) is 2.74. The fourth-order valence-corrected chi connectivity index (χ4v) is 3.75. The Kier molecular flexibility index (Phi) is 4.44. The van der Waals surface area contributed by atoms with Gasteiger partial charge in [0.05, 0.1) is 11.6 Å². The normalized spacial score (nSPS) is 18.5. The molecule has 20 heavy (non-hydrogen) atoms. The molecule has 0 aliphatic heterocycles. The summed E-state index contributed by atoms with van der Waals surface area (Å²) in [5.41, 5.74) is 7.37. The van der Waals surface area contributed by atoms with E-state index >= 15 is 0 Å². The highest BCUT2D eigenvalue weighted by atomic mass is 32.1. The molecular weight excluding hydrogens is 270 g/mol. The predicted octanol–water partition coefficient (Wildman–Crippen LogP) is 2.03. The molecule has 1 aromatic rings. The quantitative estimate of drug-likeness (QED) is 0.835. The van der Waals surface area contributed by atoms with E-state index in [0.29, 0.717) is 16.5 Å². The van der Waals surface area contributed by atoms with Crippen LogP contribution in [0.4, 0.5) is 5.00 Å². The molecule has 1 amide bonds. The van der Waals surface area contributed by atoms with E-state index in [9.17, 15) is 10.1 Å². The standard InChI is InChI=1S/C15H17N3OS/c1-3-4-12(17)14(19)18-15-11(8-16)10-6-5-9(2)7-13(10)20-15/h1,9,12H,4-7,17H2,2H3,(H,18,19). The van der Waals surface area contributed by atoms with Crippen LogP contribution in [0.1, 0.15) is 35.8 Å². The number of fused-ring (bicyclic) bond motifs is 1. The number of amides is 1. The van der Waals surface area contributed by atoms with E-state index in [2.05, 4.69) is 24.2 Å². The van der Waals surface area contributed by atoms with Crippen LogP contribution >= 0.6 is 11.3 Å². The summed E-state index contributed by atoms with van der Waals surface area (Å²) in [6.07, 6.45) is 8.31. The summed E-state index contributed by atoms with van der Waals surface area (Å²) in [6, 6.07) is 1.48. The summed E-state index contributed by atoms with van der Waals surface area (Å²) in [7, 11) is 0. The van der Waals surface area contributed by atoms with Crippen LogP contribution in [0.15, 0.2) is 0 Å². The Morgan fingerprint density at radius 2 is 2.45 bits per heavy atom. The molecule has 1 aliphatic rings. The van der Waals surface area contributed by atoms with Crippen LogP contribution < -0.4 is 11.1 Å². The van der Waals surface area contributed by atoms with Gasteiger partial charge in [0.25, 0.3) is 0 Å². The summed E-state index contributed by atoms with van der Waals surface area (Å²) >= 11 is 1.49. The maximum atomic E-state index is 11.9. The van der Waals surface area contributed by atoms with Crippen molar-refractivity contribution < 1.29 is 4.79 Å². The van der Waals surface area contributed by atoms with E-state index in [4.69, 9.17) is 12.2 Å². The zero-order chi connectivity index (χ0) is 14.7. The van der Waals surface area contributed by atoms with E-state index < -0.39 is 6.04 Å². The number of carbonyl (C=O) groups excluding carboxylic acids is 1. The summed E-state index contributed by atoms with van der Waals surface area (Å²) in [5.74, 6) is 2.67. The van der Waals surface area contributed by atoms with E-state index in [1.807, 2.05) is 0 Å². The summed E-state index contributed by atoms with van der Waals surface area (Å²) in [4.78, 5) is 13.1. The topological polar surface area (TPSA) is 78.9 Å². The number of nitrogens with two attached hydrogens (primary N) is 1. The summed E-state index contributed by atoms with van der Waals surface area (Å²) in [5, 5.41) is 12.7. The highest BCUT2D eigenvalue weighted by molar-refractivity contribution is 7.16. The second-order valence-electron chi connectivity index (χ2n) is 5.17. The number of nitrogens with zero attached hydrogens (tertiary/aromatic N) is 1. The highest BCUT2D eigenvalue weighted by Gasteiger charge is 2.25. The monoisotopic (exact) mass is 287 g/mol. The molecule has 2 unspecified atom stereocenters. The van der Waals surface area contributed by atoms with Crippen LogP contribution in [-0.2, 0) is 17.6 Å². The van der Waals surface area contributed by atoms with Gasteiger partial charge in [-0.2, -0.15) is 5.26 Å². The number of nitrogens with one attached hydrogen (secondary N) is 1. The van der Waals surface area contributed by atoms with Gasteiger partial charge in [-0.05, 0) is 30.7 Å². The largest absolute Gasteiger partial charge is 0.319 e. The second kappa shape index (κ2) is 6.09. The smallest absolute Gasteiger partial charge is 0.242 e. The molecule has 0 fully saturated rings. The third kappa shape index (κ3) is 2.85. The first-order valence-corrected chi connectivity index (χ1v) is 7.43. The maximum absolute atomic E-state index is 11.9. The van der Waals surface area contributed by atoms with Gasteiger partial charge in [-0.3, -0.25) is 4.79 Å². The van der Waals surface area contributed by atoms with Crippen LogP contribution in [-0.4, -0.2) is 11.9 Å². The van der Waals surface area contributed by atoms with Crippen LogP contribution in [0, 0.1) is 29.6 Å². The van der Waals surface area contributed by atoms with Gasteiger partial charge in [0.1, 0.15) is 11.1 Å². The maximum Gasteiger partial charge on any atom is 0.242 e. The van der Waals surface area contributed by atoms with Crippen molar-refractivity contribution in [3.05, 3.63) is 16.0 Å². The Morgan fingerprint density at radius 3 is 3.10 bits per heavy atom. The average molecular weight is 287 g/mol. The van der Waals surface area contributed by atoms with Gasteiger partial charge in [-0.1, -0.05) is 6.92 Å². The molecule has 1 aliphatic carbocycles. The van der Waals surface area contributed by atoms with E-state index in [1.54, 1.807) is 0 Å². The number of hydrogen-bond acceptors (Lipinski definition) is 4. The van der Waals surface area contributed by atoms with E-state index in [-0.39, 0.29) is 12.3 Å². The van der Waals surface area contributed by atoms with Crippen molar-refractivity contribution >= 4 is 22.2 Å². The van der Waals surface area contributed by atoms with Crippen molar-refractivity contribution in [1.29, 1.82) is 5.26 Å². The summed E-state index contributed by atoms with van der Waals surface area (Å²) in [6.45, 7) is 2.20. The number of anilines is 1. The lowest BCUT2D eigenvalue weighted by molar-refractivity contribution is -0.117. The lowest BCUT2D eigenvalue weighted by atomic mass is 9.88. The number of thiophene rings is 1. The number of terminal acetylenes is 1. The molecule has 5 heteroatoms. The second-order valence-corrected chi connectivity index (χ2v) is 6.28. The van der Waals surface area contributed by atoms with Gasteiger partial charge in [-0.15, -0.1) is 23.7 Å². The van der Waals surface area contributed by atoms with Crippen molar-refractivity contribution in [1.82, 2.24) is 0 Å². The Bertz CT molecular complexity index is 606. The van der Waals surface area contributed by atoms with Crippen molar-refractivity contribution in [3.8, 4) is 18.4 Å². The third-order valence-corrected chi connectivity index (χ3v) is 4.70. The van der Waals surface area contributed by atoms with E-state index in [1.165, 1.54) is 16.2 Å². The van der Waals surface area contributed by atoms with Crippen molar-refractivity contribution in [3.63, 3.8) is 0 Å². The minimum atomic E-state index is -0.732. The molecule has 0 aromatic carbocycles. The molecule has 104 valence electrons. The van der Waals surface area contributed by atoms with Gasteiger partial charge in [0, 0.05) is 11.3 Å². The van der Waals surface area contributed by atoms with Crippen LogP contribution in [0.5, 0.6) is 0 Å². The van der Waals surface area contributed by atoms with Gasteiger partial charge < -0.3 is 11.1 Å². The molecule has 0 saturated heterocycles. The lowest BCUT2D eigenvalue weighted by Crippen LogP contribution is -2.35. The number of carbonyl (C=O) groups is 1. The van der Waals surface area contributed by atoms with Gasteiger partial charge in [0.15, 0.2) is 0 Å². The molecule has 0 saturated carbocycles. The van der Waals surface area contributed by atoms with Crippen molar-refractivity contribution in [2.75, 3.05) is 5.32 Å². The Morgan fingerprint density at radius 1 is 1.70 bits per heavy atom. The Hall–Kier alpha value is -1.82. The first kappa shape index (κ1) is 14.6. The summed E-state index contributed by atoms with van der Waals surface area (Å²) < 4.78 is 0. The first-order valence-electron chi connectivity index (χ1n) is 6.61. The molecule has 0 radical (unpaired) electrons. The Balaban J connectivity index is 2.23. The molecule has 4 nitrogen and oxygen atoms in total.